The summed E-state index contributed by atoms with van der Waals surface area (Å²) in [6.07, 6.45) is 3.41. The van der Waals surface area contributed by atoms with Gasteiger partial charge in [-0.05, 0) is 37.0 Å². The van der Waals surface area contributed by atoms with E-state index in [-0.39, 0.29) is 5.41 Å². The number of nitrogens with one attached hydrogen (secondary N) is 1. The Balaban J connectivity index is 1.45. The molecule has 3 aliphatic rings. The van der Waals surface area contributed by atoms with Crippen LogP contribution in [0.3, 0.4) is 0 Å². The molecule has 0 radical (unpaired) electrons. The van der Waals surface area contributed by atoms with E-state index in [1.165, 1.54) is 18.4 Å². The Morgan fingerprint density at radius 2 is 1.91 bits per heavy atom. The molecule has 0 atom stereocenters. The molecule has 0 aromatic heterocycles. The Hall–Kier alpha value is -0.970. The van der Waals surface area contributed by atoms with Crippen LogP contribution < -0.4 is 14.8 Å². The number of halogens is 1. The van der Waals surface area contributed by atoms with Crippen LogP contribution in [0.4, 0.5) is 0 Å². The number of ether oxygens (including phenoxy) is 2. The standard InChI is InChI=1S/C17H23ClN2O2/c18-14-9-13(1-6-20-7-4-19-5-8-20)10-15-16(14)22-12-17(2-3-17)11-21-15/h9-10,19H,1-8,11-12H2. The van der Waals surface area contributed by atoms with Gasteiger partial charge in [-0.15, -0.1) is 0 Å². The Bertz CT molecular complexity index is 554. The SMILES string of the molecule is Clc1cc(CCN2CCNCC2)cc2c1OCC1(CC1)CO2. The fourth-order valence-corrected chi connectivity index (χ4v) is 3.49. The Morgan fingerprint density at radius 3 is 2.68 bits per heavy atom. The molecule has 2 aliphatic heterocycles. The molecule has 2 heterocycles. The second-order valence-electron chi connectivity index (χ2n) is 6.82. The van der Waals surface area contributed by atoms with E-state index in [1.807, 2.05) is 6.07 Å². The van der Waals surface area contributed by atoms with Crippen LogP contribution in [0.2, 0.25) is 5.02 Å². The van der Waals surface area contributed by atoms with E-state index in [4.69, 9.17) is 21.1 Å². The van der Waals surface area contributed by atoms with Crippen molar-refractivity contribution in [1.82, 2.24) is 10.2 Å². The monoisotopic (exact) mass is 322 g/mol. The zero-order chi connectivity index (χ0) is 15.0. The molecule has 4 rings (SSSR count). The largest absolute Gasteiger partial charge is 0.489 e. The van der Waals surface area contributed by atoms with Gasteiger partial charge in [0.05, 0.1) is 18.2 Å². The van der Waals surface area contributed by atoms with Crippen molar-refractivity contribution >= 4 is 11.6 Å². The molecule has 1 saturated heterocycles. The number of hydrogen-bond donors (Lipinski definition) is 1. The molecular formula is C17H23ClN2O2. The molecule has 0 bridgehead atoms. The minimum atomic E-state index is 0.253. The number of rotatable bonds is 3. The molecular weight excluding hydrogens is 300 g/mol. The van der Waals surface area contributed by atoms with Gasteiger partial charge in [-0.2, -0.15) is 0 Å². The zero-order valence-electron chi connectivity index (χ0n) is 12.9. The highest BCUT2D eigenvalue weighted by Gasteiger charge is 2.46. The van der Waals surface area contributed by atoms with Gasteiger partial charge < -0.3 is 19.7 Å². The molecule has 1 aliphatic carbocycles. The fraction of sp³-hybridized carbons (Fsp3) is 0.647. The van der Waals surface area contributed by atoms with Gasteiger partial charge in [-0.25, -0.2) is 0 Å². The molecule has 0 amide bonds. The maximum atomic E-state index is 6.43. The Morgan fingerprint density at radius 1 is 1.14 bits per heavy atom. The van der Waals surface area contributed by atoms with Gasteiger partial charge >= 0.3 is 0 Å². The summed E-state index contributed by atoms with van der Waals surface area (Å²) >= 11 is 6.43. The van der Waals surface area contributed by atoms with Crippen molar-refractivity contribution < 1.29 is 9.47 Å². The van der Waals surface area contributed by atoms with E-state index in [0.717, 1.165) is 63.9 Å². The quantitative estimate of drug-likeness (QED) is 0.926. The maximum Gasteiger partial charge on any atom is 0.179 e. The van der Waals surface area contributed by atoms with E-state index in [0.29, 0.717) is 5.02 Å². The predicted octanol–water partition coefficient (Wildman–Crippen LogP) is 2.34. The Kier molecular flexibility index (Phi) is 3.93. The van der Waals surface area contributed by atoms with Gasteiger partial charge in [0, 0.05) is 38.1 Å². The smallest absolute Gasteiger partial charge is 0.179 e. The molecule has 5 heteroatoms. The van der Waals surface area contributed by atoms with Crippen LogP contribution in [0.1, 0.15) is 18.4 Å². The van der Waals surface area contributed by atoms with Crippen LogP contribution in [-0.2, 0) is 6.42 Å². The first kappa shape index (κ1) is 14.6. The Labute approximate surface area is 136 Å². The third-order valence-corrected chi connectivity index (χ3v) is 5.29. The first-order chi connectivity index (χ1) is 10.7. The average Bonchev–Trinajstić information content (AvgIpc) is 3.34. The predicted molar refractivity (Wildman–Crippen MR) is 87.1 cm³/mol. The van der Waals surface area contributed by atoms with Crippen LogP contribution >= 0.6 is 11.6 Å². The highest BCUT2D eigenvalue weighted by atomic mass is 35.5. The molecule has 1 spiro atoms. The number of nitrogens with zero attached hydrogens (tertiary/aromatic N) is 1. The second-order valence-corrected chi connectivity index (χ2v) is 7.23. The van der Waals surface area contributed by atoms with Crippen LogP contribution in [-0.4, -0.2) is 50.8 Å². The number of fused-ring (bicyclic) bond motifs is 1. The van der Waals surface area contributed by atoms with E-state index in [2.05, 4.69) is 16.3 Å². The lowest BCUT2D eigenvalue weighted by atomic mass is 10.1. The third-order valence-electron chi connectivity index (χ3n) is 5.01. The van der Waals surface area contributed by atoms with Crippen LogP contribution in [0.5, 0.6) is 11.5 Å². The molecule has 4 nitrogen and oxygen atoms in total. The molecule has 2 fully saturated rings. The van der Waals surface area contributed by atoms with Crippen LogP contribution in [0, 0.1) is 5.41 Å². The average molecular weight is 323 g/mol. The zero-order valence-corrected chi connectivity index (χ0v) is 13.6. The number of hydrogen-bond acceptors (Lipinski definition) is 4. The third kappa shape index (κ3) is 3.05. The minimum absolute atomic E-state index is 0.253. The summed E-state index contributed by atoms with van der Waals surface area (Å²) in [6, 6.07) is 4.15. The van der Waals surface area contributed by atoms with Gasteiger partial charge in [-0.3, -0.25) is 0 Å². The molecule has 120 valence electrons. The highest BCUT2D eigenvalue weighted by Crippen LogP contribution is 2.50. The van der Waals surface area contributed by atoms with Crippen molar-refractivity contribution in [3.8, 4) is 11.5 Å². The van der Waals surface area contributed by atoms with Gasteiger partial charge in [0.15, 0.2) is 11.5 Å². The van der Waals surface area contributed by atoms with E-state index < -0.39 is 0 Å². The van der Waals surface area contributed by atoms with E-state index >= 15 is 0 Å². The van der Waals surface area contributed by atoms with Gasteiger partial charge in [0.1, 0.15) is 0 Å². The lowest BCUT2D eigenvalue weighted by Gasteiger charge is -2.27. The molecule has 22 heavy (non-hydrogen) atoms. The molecule has 0 unspecified atom stereocenters. The summed E-state index contributed by atoms with van der Waals surface area (Å²) in [6.45, 7) is 6.99. The summed E-state index contributed by atoms with van der Waals surface area (Å²) < 4.78 is 11.9. The maximum absolute atomic E-state index is 6.43. The number of benzene rings is 1. The summed E-state index contributed by atoms with van der Waals surface area (Å²) in [5.74, 6) is 1.56. The molecule has 1 aromatic rings. The summed E-state index contributed by atoms with van der Waals surface area (Å²) in [5, 5.41) is 4.07. The summed E-state index contributed by atoms with van der Waals surface area (Å²) in [4.78, 5) is 2.49. The fourth-order valence-electron chi connectivity index (χ4n) is 3.20. The van der Waals surface area contributed by atoms with Crippen molar-refractivity contribution in [3.63, 3.8) is 0 Å². The first-order valence-electron chi connectivity index (χ1n) is 8.25. The highest BCUT2D eigenvalue weighted by molar-refractivity contribution is 6.32. The van der Waals surface area contributed by atoms with Crippen LogP contribution in [0.15, 0.2) is 12.1 Å². The van der Waals surface area contributed by atoms with Gasteiger partial charge in [0.2, 0.25) is 0 Å². The second kappa shape index (κ2) is 5.91. The summed E-state index contributed by atoms with van der Waals surface area (Å²) in [7, 11) is 0. The normalized spacial score (nSPS) is 23.3. The molecule has 1 aromatic carbocycles. The number of piperazine rings is 1. The van der Waals surface area contributed by atoms with Crippen molar-refractivity contribution in [2.75, 3.05) is 45.9 Å². The van der Waals surface area contributed by atoms with E-state index in [9.17, 15) is 0 Å². The van der Waals surface area contributed by atoms with Crippen molar-refractivity contribution in [2.24, 2.45) is 5.41 Å². The minimum Gasteiger partial charge on any atom is -0.489 e. The van der Waals surface area contributed by atoms with Gasteiger partial charge in [-0.1, -0.05) is 11.6 Å². The summed E-state index contributed by atoms with van der Waals surface area (Å²) in [5.41, 5.74) is 1.49. The lowest BCUT2D eigenvalue weighted by molar-refractivity contribution is 0.197. The van der Waals surface area contributed by atoms with Crippen molar-refractivity contribution in [3.05, 3.63) is 22.7 Å². The molecule has 1 N–H and O–H groups in total. The first-order valence-corrected chi connectivity index (χ1v) is 8.63. The van der Waals surface area contributed by atoms with E-state index in [1.54, 1.807) is 0 Å². The molecule has 1 saturated carbocycles. The van der Waals surface area contributed by atoms with Crippen molar-refractivity contribution in [2.45, 2.75) is 19.3 Å². The topological polar surface area (TPSA) is 33.7 Å². The van der Waals surface area contributed by atoms with Crippen LogP contribution in [0.25, 0.3) is 0 Å². The lowest BCUT2D eigenvalue weighted by Crippen LogP contribution is -2.44. The van der Waals surface area contributed by atoms with Gasteiger partial charge in [0.25, 0.3) is 0 Å². The van der Waals surface area contributed by atoms with Crippen molar-refractivity contribution in [1.29, 1.82) is 0 Å².